The van der Waals surface area contributed by atoms with Gasteiger partial charge in [-0.3, -0.25) is 14.4 Å². The summed E-state index contributed by atoms with van der Waals surface area (Å²) in [6.45, 7) is 0. The van der Waals surface area contributed by atoms with Crippen LogP contribution in [-0.4, -0.2) is 38.0 Å². The first-order valence-electron chi connectivity index (χ1n) is 10.2. The van der Waals surface area contributed by atoms with E-state index in [9.17, 15) is 14.4 Å². The van der Waals surface area contributed by atoms with Crippen LogP contribution in [0.25, 0.3) is 0 Å². The van der Waals surface area contributed by atoms with Gasteiger partial charge in [0.05, 0.1) is 31.5 Å². The highest BCUT2D eigenvalue weighted by Gasteiger charge is 2.29. The van der Waals surface area contributed by atoms with Gasteiger partial charge in [0, 0.05) is 6.42 Å². The smallest absolute Gasteiger partial charge is 0.254 e. The second-order valence-electron chi connectivity index (χ2n) is 7.66. The minimum absolute atomic E-state index is 0.119. The first-order chi connectivity index (χ1) is 15.0. The van der Waals surface area contributed by atoms with E-state index in [1.807, 2.05) is 12.1 Å². The lowest BCUT2D eigenvalue weighted by atomic mass is 10.1. The molecule has 162 valence electrons. The molecule has 3 N–H and O–H groups in total. The second-order valence-corrected chi connectivity index (χ2v) is 7.66. The molecule has 2 atom stereocenters. The van der Waals surface area contributed by atoms with Crippen molar-refractivity contribution in [1.29, 1.82) is 0 Å². The Morgan fingerprint density at radius 3 is 2.65 bits per heavy atom. The summed E-state index contributed by atoms with van der Waals surface area (Å²) in [5, 5.41) is 8.51. The number of fused-ring (bicyclic) bond motifs is 2. The van der Waals surface area contributed by atoms with Crippen LogP contribution < -0.4 is 25.4 Å². The summed E-state index contributed by atoms with van der Waals surface area (Å²) >= 11 is 0. The van der Waals surface area contributed by atoms with E-state index in [2.05, 4.69) is 16.0 Å². The van der Waals surface area contributed by atoms with Gasteiger partial charge in [0.25, 0.3) is 5.91 Å². The first kappa shape index (κ1) is 20.7. The van der Waals surface area contributed by atoms with Crippen molar-refractivity contribution in [2.24, 2.45) is 0 Å². The molecule has 2 aromatic rings. The highest BCUT2D eigenvalue weighted by molar-refractivity contribution is 6.09. The molecule has 0 spiro atoms. The average Bonchev–Trinajstić information content (AvgIpc) is 3.11. The van der Waals surface area contributed by atoms with Crippen molar-refractivity contribution in [3.63, 3.8) is 0 Å². The molecule has 3 amide bonds. The Balaban J connectivity index is 1.38. The van der Waals surface area contributed by atoms with Crippen molar-refractivity contribution in [3.05, 3.63) is 53.1 Å². The van der Waals surface area contributed by atoms with Gasteiger partial charge in [0.2, 0.25) is 11.8 Å². The molecule has 0 radical (unpaired) electrons. The second kappa shape index (κ2) is 8.67. The molecule has 0 saturated carbocycles. The Morgan fingerprint density at radius 2 is 1.87 bits per heavy atom. The highest BCUT2D eigenvalue weighted by Crippen LogP contribution is 2.39. The van der Waals surface area contributed by atoms with Gasteiger partial charge in [0.15, 0.2) is 11.5 Å². The number of carbonyl (C=O) groups excluding carboxylic acids is 3. The number of para-hydroxylation sites is 1. The fourth-order valence-corrected chi connectivity index (χ4v) is 4.14. The summed E-state index contributed by atoms with van der Waals surface area (Å²) in [6, 6.07) is 9.79. The van der Waals surface area contributed by atoms with E-state index >= 15 is 0 Å². The number of hydrogen-bond donors (Lipinski definition) is 3. The molecule has 8 nitrogen and oxygen atoms in total. The zero-order chi connectivity index (χ0) is 22.0. The number of anilines is 1. The van der Waals surface area contributed by atoms with E-state index in [0.29, 0.717) is 22.7 Å². The summed E-state index contributed by atoms with van der Waals surface area (Å²) in [7, 11) is 3.18. The van der Waals surface area contributed by atoms with Gasteiger partial charge in [-0.05, 0) is 54.7 Å². The summed E-state index contributed by atoms with van der Waals surface area (Å²) in [5.74, 6) is 0.472. The molecule has 0 unspecified atom stereocenters. The van der Waals surface area contributed by atoms with Gasteiger partial charge >= 0.3 is 0 Å². The molecular weight excluding hydrogens is 398 g/mol. The van der Waals surface area contributed by atoms with Gasteiger partial charge in [-0.2, -0.15) is 0 Å². The quantitative estimate of drug-likeness (QED) is 0.661. The summed E-state index contributed by atoms with van der Waals surface area (Å²) in [5.41, 5.74) is 3.02. The van der Waals surface area contributed by atoms with Crippen molar-refractivity contribution in [1.82, 2.24) is 10.6 Å². The van der Waals surface area contributed by atoms with Crippen LogP contribution in [0.15, 0.2) is 36.4 Å². The monoisotopic (exact) mass is 423 g/mol. The van der Waals surface area contributed by atoms with Crippen LogP contribution in [0.5, 0.6) is 11.5 Å². The number of methoxy groups -OCH3 is 2. The molecule has 1 heterocycles. The van der Waals surface area contributed by atoms with E-state index in [4.69, 9.17) is 9.47 Å². The molecule has 2 aliphatic rings. The van der Waals surface area contributed by atoms with Crippen molar-refractivity contribution in [2.45, 2.75) is 37.8 Å². The molecular formula is C23H25N3O5. The van der Waals surface area contributed by atoms with Crippen molar-refractivity contribution < 1.29 is 23.9 Å². The Morgan fingerprint density at radius 1 is 1.13 bits per heavy atom. The Labute approximate surface area is 180 Å². The van der Waals surface area contributed by atoms with Crippen LogP contribution in [0.3, 0.4) is 0 Å². The minimum atomic E-state index is -0.772. The van der Waals surface area contributed by atoms with Gasteiger partial charge in [-0.1, -0.05) is 12.1 Å². The van der Waals surface area contributed by atoms with Crippen molar-refractivity contribution >= 4 is 23.4 Å². The Bertz CT molecular complexity index is 1040. The van der Waals surface area contributed by atoms with E-state index in [1.165, 1.54) is 0 Å². The maximum Gasteiger partial charge on any atom is 0.254 e. The molecule has 31 heavy (non-hydrogen) atoms. The lowest BCUT2D eigenvalue weighted by Crippen LogP contribution is -2.42. The molecule has 4 rings (SSSR count). The number of rotatable bonds is 6. The SMILES string of the molecule is COc1cc2c(cc1OC)[C@H](NC(=O)CC[C@@H]1NC(=O)c3ccccc3NC1=O)CC2. The summed E-state index contributed by atoms with van der Waals surface area (Å²) in [4.78, 5) is 37.5. The normalized spacial score (nSPS) is 19.4. The zero-order valence-electron chi connectivity index (χ0n) is 17.5. The minimum Gasteiger partial charge on any atom is -0.493 e. The van der Waals surface area contributed by atoms with E-state index in [0.717, 1.165) is 24.0 Å². The number of carbonyl (C=O) groups is 3. The predicted octanol–water partition coefficient (Wildman–Crippen LogP) is 2.34. The van der Waals surface area contributed by atoms with Gasteiger partial charge in [-0.15, -0.1) is 0 Å². The molecule has 0 fully saturated rings. The van der Waals surface area contributed by atoms with Gasteiger partial charge < -0.3 is 25.4 Å². The van der Waals surface area contributed by atoms with Crippen LogP contribution in [0.1, 0.15) is 46.8 Å². The first-order valence-corrected chi connectivity index (χ1v) is 10.2. The number of benzene rings is 2. The molecule has 2 aromatic carbocycles. The van der Waals surface area contributed by atoms with E-state index in [1.54, 1.807) is 38.5 Å². The topological polar surface area (TPSA) is 106 Å². The standard InChI is InChI=1S/C23H25N3O5/c1-30-19-11-13-7-8-17(15(13)12-20(19)31-2)24-21(27)10-9-18-23(29)25-16-6-4-3-5-14(16)22(28)26-18/h3-6,11-12,17-18H,7-10H2,1-2H3,(H,24,27)(H,25,29)(H,26,28)/t17-,18+/m1/s1. The fraction of sp³-hybridized carbons (Fsp3) is 0.348. The molecule has 0 bridgehead atoms. The lowest BCUT2D eigenvalue weighted by Gasteiger charge is -2.18. The lowest BCUT2D eigenvalue weighted by molar-refractivity contribution is -0.122. The third kappa shape index (κ3) is 4.19. The summed E-state index contributed by atoms with van der Waals surface area (Å²) in [6.07, 6.45) is 1.95. The van der Waals surface area contributed by atoms with Gasteiger partial charge in [0.1, 0.15) is 6.04 Å². The molecule has 1 aliphatic carbocycles. The molecule has 0 aromatic heterocycles. The summed E-state index contributed by atoms with van der Waals surface area (Å²) < 4.78 is 10.7. The fourth-order valence-electron chi connectivity index (χ4n) is 4.14. The number of ether oxygens (including phenoxy) is 2. The zero-order valence-corrected chi connectivity index (χ0v) is 17.5. The van der Waals surface area contributed by atoms with Crippen molar-refractivity contribution in [2.75, 3.05) is 19.5 Å². The molecule has 0 saturated heterocycles. The largest absolute Gasteiger partial charge is 0.493 e. The molecule has 8 heteroatoms. The highest BCUT2D eigenvalue weighted by atomic mass is 16.5. The number of hydrogen-bond acceptors (Lipinski definition) is 5. The maximum atomic E-state index is 12.6. The maximum absolute atomic E-state index is 12.6. The Hall–Kier alpha value is -3.55. The van der Waals surface area contributed by atoms with Crippen LogP contribution >= 0.6 is 0 Å². The molecule has 1 aliphatic heterocycles. The van der Waals surface area contributed by atoms with E-state index in [-0.39, 0.29) is 36.6 Å². The number of amides is 3. The predicted molar refractivity (Wildman–Crippen MR) is 114 cm³/mol. The third-order valence-corrected chi connectivity index (χ3v) is 5.77. The Kier molecular flexibility index (Phi) is 5.79. The number of aryl methyl sites for hydroxylation is 1. The third-order valence-electron chi connectivity index (χ3n) is 5.77. The van der Waals surface area contributed by atoms with Crippen LogP contribution in [0.2, 0.25) is 0 Å². The number of nitrogens with one attached hydrogen (secondary N) is 3. The van der Waals surface area contributed by atoms with E-state index < -0.39 is 6.04 Å². The van der Waals surface area contributed by atoms with Crippen molar-refractivity contribution in [3.8, 4) is 11.5 Å². The average molecular weight is 423 g/mol. The van der Waals surface area contributed by atoms with Gasteiger partial charge in [-0.25, -0.2) is 0 Å². The van der Waals surface area contributed by atoms with Crippen LogP contribution in [-0.2, 0) is 16.0 Å². The van der Waals surface area contributed by atoms with Crippen LogP contribution in [0.4, 0.5) is 5.69 Å². The van der Waals surface area contributed by atoms with Crippen LogP contribution in [0, 0.1) is 0 Å².